The number of fused-ring (bicyclic) bond motifs is 1. The third kappa shape index (κ3) is 4.94. The molecule has 1 amide bonds. The van der Waals surface area contributed by atoms with Crippen LogP contribution in [-0.2, 0) is 11.3 Å². The molecule has 1 fully saturated rings. The molecule has 5 rings (SSSR count). The van der Waals surface area contributed by atoms with E-state index < -0.39 is 0 Å². The minimum absolute atomic E-state index is 0.00410. The Morgan fingerprint density at radius 1 is 1.03 bits per heavy atom. The summed E-state index contributed by atoms with van der Waals surface area (Å²) in [6.07, 6.45) is 0. The third-order valence-electron chi connectivity index (χ3n) is 5.98. The lowest BCUT2D eigenvalue weighted by Crippen LogP contribution is -2.49. The fourth-order valence-corrected chi connectivity index (χ4v) is 4.16. The molecule has 9 heteroatoms. The number of amides is 1. The lowest BCUT2D eigenvalue weighted by atomic mass is 10.2. The number of para-hydroxylation sites is 2. The van der Waals surface area contributed by atoms with E-state index >= 15 is 0 Å². The second-order valence-corrected chi connectivity index (χ2v) is 8.37. The van der Waals surface area contributed by atoms with E-state index in [4.69, 9.17) is 4.42 Å². The second-order valence-electron chi connectivity index (χ2n) is 8.37. The highest BCUT2D eigenvalue weighted by molar-refractivity contribution is 5.80. The van der Waals surface area contributed by atoms with Gasteiger partial charge in [-0.2, -0.15) is 4.68 Å². The molecular weight excluding hydrogens is 418 g/mol. The Kier molecular flexibility index (Phi) is 6.14. The zero-order valence-electron chi connectivity index (χ0n) is 18.6. The summed E-state index contributed by atoms with van der Waals surface area (Å²) >= 11 is 0. The number of rotatable bonds is 7. The van der Waals surface area contributed by atoms with Crippen molar-refractivity contribution in [2.45, 2.75) is 19.5 Å². The van der Waals surface area contributed by atoms with Crippen LogP contribution in [0.4, 0.5) is 0 Å². The van der Waals surface area contributed by atoms with Crippen molar-refractivity contribution in [1.82, 2.24) is 35.3 Å². The smallest absolute Gasteiger partial charge is 0.234 e. The highest BCUT2D eigenvalue weighted by Crippen LogP contribution is 2.23. The SMILES string of the molecule is CC(NC(=O)CN1CCN(Cc2nnnn2-c2ccccc2)CC1)c1cc2ccccc2o1. The summed E-state index contributed by atoms with van der Waals surface area (Å²) in [7, 11) is 0. The zero-order valence-corrected chi connectivity index (χ0v) is 18.6. The van der Waals surface area contributed by atoms with Gasteiger partial charge in [0.2, 0.25) is 5.91 Å². The van der Waals surface area contributed by atoms with Crippen molar-refractivity contribution in [2.24, 2.45) is 0 Å². The second kappa shape index (κ2) is 9.51. The fourth-order valence-electron chi connectivity index (χ4n) is 4.16. The molecule has 1 aliphatic rings. The molecule has 4 aromatic rings. The summed E-state index contributed by atoms with van der Waals surface area (Å²) in [6, 6.07) is 19.6. The molecule has 1 unspecified atom stereocenters. The van der Waals surface area contributed by atoms with E-state index in [9.17, 15) is 4.79 Å². The van der Waals surface area contributed by atoms with Crippen LogP contribution in [0, 0.1) is 0 Å². The van der Waals surface area contributed by atoms with Gasteiger partial charge in [0.05, 0.1) is 24.8 Å². The van der Waals surface area contributed by atoms with Gasteiger partial charge in [-0.05, 0) is 41.6 Å². The Balaban J connectivity index is 1.11. The van der Waals surface area contributed by atoms with Crippen LogP contribution in [0.2, 0.25) is 0 Å². The van der Waals surface area contributed by atoms with Crippen molar-refractivity contribution in [1.29, 1.82) is 0 Å². The Hall–Kier alpha value is -3.56. The molecule has 33 heavy (non-hydrogen) atoms. The number of benzene rings is 2. The predicted molar refractivity (Wildman–Crippen MR) is 124 cm³/mol. The van der Waals surface area contributed by atoms with Crippen LogP contribution in [0.15, 0.2) is 65.1 Å². The van der Waals surface area contributed by atoms with Gasteiger partial charge in [-0.25, -0.2) is 0 Å². The number of nitrogens with one attached hydrogen (secondary N) is 1. The van der Waals surface area contributed by atoms with Gasteiger partial charge in [0, 0.05) is 31.6 Å². The van der Waals surface area contributed by atoms with Crippen molar-refractivity contribution in [3.63, 3.8) is 0 Å². The summed E-state index contributed by atoms with van der Waals surface area (Å²) in [5.41, 5.74) is 1.79. The van der Waals surface area contributed by atoms with Gasteiger partial charge in [0.15, 0.2) is 5.82 Å². The maximum absolute atomic E-state index is 12.6. The van der Waals surface area contributed by atoms with Crippen molar-refractivity contribution < 1.29 is 9.21 Å². The van der Waals surface area contributed by atoms with Crippen LogP contribution < -0.4 is 5.32 Å². The zero-order chi connectivity index (χ0) is 22.6. The number of hydrogen-bond donors (Lipinski definition) is 1. The molecule has 1 aliphatic heterocycles. The van der Waals surface area contributed by atoms with Gasteiger partial charge < -0.3 is 9.73 Å². The van der Waals surface area contributed by atoms with Crippen LogP contribution >= 0.6 is 0 Å². The van der Waals surface area contributed by atoms with Gasteiger partial charge in [-0.1, -0.05) is 36.4 Å². The molecule has 0 bridgehead atoms. The molecule has 0 spiro atoms. The maximum Gasteiger partial charge on any atom is 0.234 e. The van der Waals surface area contributed by atoms with E-state index in [1.807, 2.05) is 67.6 Å². The highest BCUT2D eigenvalue weighted by Gasteiger charge is 2.22. The topological polar surface area (TPSA) is 92.3 Å². The third-order valence-corrected chi connectivity index (χ3v) is 5.98. The maximum atomic E-state index is 12.6. The molecule has 1 atom stereocenters. The lowest BCUT2D eigenvalue weighted by Gasteiger charge is -2.34. The first kappa shape index (κ1) is 21.3. The van der Waals surface area contributed by atoms with Crippen LogP contribution in [0.3, 0.4) is 0 Å². The van der Waals surface area contributed by atoms with Crippen molar-refractivity contribution in [3.05, 3.63) is 72.2 Å². The Bertz CT molecular complexity index is 1180. The number of hydrogen-bond acceptors (Lipinski definition) is 7. The Morgan fingerprint density at radius 3 is 2.55 bits per heavy atom. The lowest BCUT2D eigenvalue weighted by molar-refractivity contribution is -0.123. The number of carbonyl (C=O) groups is 1. The summed E-state index contributed by atoms with van der Waals surface area (Å²) in [4.78, 5) is 17.1. The largest absolute Gasteiger partial charge is 0.459 e. The minimum atomic E-state index is -0.178. The number of carbonyl (C=O) groups excluding carboxylic acids is 1. The first-order valence-corrected chi connectivity index (χ1v) is 11.2. The summed E-state index contributed by atoms with van der Waals surface area (Å²) in [5, 5.41) is 16.3. The molecule has 2 aromatic carbocycles. The summed E-state index contributed by atoms with van der Waals surface area (Å²) < 4.78 is 7.65. The van der Waals surface area contributed by atoms with Crippen molar-refractivity contribution in [2.75, 3.05) is 32.7 Å². The molecule has 1 N–H and O–H groups in total. The molecule has 0 aliphatic carbocycles. The van der Waals surface area contributed by atoms with Crippen molar-refractivity contribution in [3.8, 4) is 5.69 Å². The van der Waals surface area contributed by atoms with Crippen LogP contribution in [0.1, 0.15) is 24.6 Å². The van der Waals surface area contributed by atoms with E-state index in [1.54, 1.807) is 4.68 Å². The van der Waals surface area contributed by atoms with Gasteiger partial charge in [-0.15, -0.1) is 5.10 Å². The molecule has 1 saturated heterocycles. The van der Waals surface area contributed by atoms with E-state index in [0.29, 0.717) is 13.1 Å². The van der Waals surface area contributed by atoms with E-state index in [2.05, 4.69) is 30.6 Å². The van der Waals surface area contributed by atoms with Gasteiger partial charge in [0.25, 0.3) is 0 Å². The van der Waals surface area contributed by atoms with Crippen LogP contribution in [-0.4, -0.2) is 68.6 Å². The van der Waals surface area contributed by atoms with Gasteiger partial charge >= 0.3 is 0 Å². The average Bonchev–Trinajstić information content (AvgIpc) is 3.48. The first-order chi connectivity index (χ1) is 16.2. The predicted octanol–water partition coefficient (Wildman–Crippen LogP) is 2.40. The molecule has 3 heterocycles. The number of tetrazole rings is 1. The molecule has 0 saturated carbocycles. The van der Waals surface area contributed by atoms with E-state index in [1.165, 1.54) is 0 Å². The molecule has 2 aromatic heterocycles. The number of aromatic nitrogens is 4. The Labute approximate surface area is 192 Å². The highest BCUT2D eigenvalue weighted by atomic mass is 16.3. The monoisotopic (exact) mass is 445 g/mol. The molecule has 170 valence electrons. The van der Waals surface area contributed by atoms with Crippen LogP contribution in [0.25, 0.3) is 16.7 Å². The number of furan rings is 1. The van der Waals surface area contributed by atoms with E-state index in [-0.39, 0.29) is 11.9 Å². The number of piperazine rings is 1. The minimum Gasteiger partial charge on any atom is -0.459 e. The average molecular weight is 446 g/mol. The standard InChI is InChI=1S/C24H27N7O2/c1-18(22-15-19-7-5-6-10-21(19)33-22)25-24(32)17-30-13-11-29(12-14-30)16-23-26-27-28-31(23)20-8-3-2-4-9-20/h2-10,15,18H,11-14,16-17H2,1H3,(H,25,32). The summed E-state index contributed by atoms with van der Waals surface area (Å²) in [6.45, 7) is 6.34. The van der Waals surface area contributed by atoms with Crippen LogP contribution in [0.5, 0.6) is 0 Å². The quantitative estimate of drug-likeness (QED) is 0.467. The molecule has 9 nitrogen and oxygen atoms in total. The van der Waals surface area contributed by atoms with Crippen molar-refractivity contribution >= 4 is 16.9 Å². The molecule has 0 radical (unpaired) electrons. The fraction of sp³-hybridized carbons (Fsp3) is 0.333. The van der Waals surface area contributed by atoms with Gasteiger partial charge in [-0.3, -0.25) is 14.6 Å². The number of nitrogens with zero attached hydrogens (tertiary/aromatic N) is 6. The summed E-state index contributed by atoms with van der Waals surface area (Å²) in [5.74, 6) is 1.59. The normalized spacial score (nSPS) is 16.2. The van der Waals surface area contributed by atoms with Gasteiger partial charge in [0.1, 0.15) is 11.3 Å². The first-order valence-electron chi connectivity index (χ1n) is 11.2. The molecular formula is C24H27N7O2. The van der Waals surface area contributed by atoms with E-state index in [0.717, 1.165) is 54.4 Å². The Morgan fingerprint density at radius 2 is 1.76 bits per heavy atom.